The van der Waals surface area contributed by atoms with Gasteiger partial charge < -0.3 is 9.88 Å². The van der Waals surface area contributed by atoms with Crippen molar-refractivity contribution >= 4 is 9.84 Å². The molecule has 21 heavy (non-hydrogen) atoms. The Bertz CT molecular complexity index is 506. The van der Waals surface area contributed by atoms with Crippen molar-refractivity contribution in [1.82, 2.24) is 9.88 Å². The third kappa shape index (κ3) is 6.22. The molecule has 5 heteroatoms. The van der Waals surface area contributed by atoms with Gasteiger partial charge in [-0.3, -0.25) is 0 Å². The Morgan fingerprint density at radius 2 is 1.90 bits per heavy atom. The standard InChI is InChI=1S/C16H30N2O2S/c1-5-8-17-16(14(3)4)15-7-9-18(13-15)10-12-21(19,20)11-6-2/h7,9,13-14,16-17H,5-6,8,10-12H2,1-4H3. The van der Waals surface area contributed by atoms with E-state index in [0.29, 0.717) is 24.9 Å². The Kier molecular flexibility index (Phi) is 7.46. The molecule has 0 radical (unpaired) electrons. The number of sulfone groups is 1. The molecular weight excluding hydrogens is 284 g/mol. The van der Waals surface area contributed by atoms with Gasteiger partial charge in [0, 0.05) is 30.7 Å². The van der Waals surface area contributed by atoms with E-state index >= 15 is 0 Å². The van der Waals surface area contributed by atoms with Crippen LogP contribution in [0.4, 0.5) is 0 Å². The molecule has 0 aliphatic heterocycles. The predicted molar refractivity (Wildman–Crippen MR) is 89.2 cm³/mol. The van der Waals surface area contributed by atoms with Gasteiger partial charge in [-0.2, -0.15) is 0 Å². The van der Waals surface area contributed by atoms with Gasteiger partial charge in [-0.15, -0.1) is 0 Å². The average molecular weight is 314 g/mol. The zero-order chi connectivity index (χ0) is 15.9. The predicted octanol–water partition coefficient (Wildman–Crippen LogP) is 3.01. The van der Waals surface area contributed by atoms with Gasteiger partial charge in [-0.05, 0) is 36.9 Å². The van der Waals surface area contributed by atoms with E-state index in [1.807, 2.05) is 17.7 Å². The van der Waals surface area contributed by atoms with E-state index in [-0.39, 0.29) is 11.5 Å². The maximum Gasteiger partial charge on any atom is 0.152 e. The van der Waals surface area contributed by atoms with Crippen LogP contribution in [-0.2, 0) is 16.4 Å². The highest BCUT2D eigenvalue weighted by atomic mass is 32.2. The Morgan fingerprint density at radius 1 is 1.19 bits per heavy atom. The fourth-order valence-corrected chi connectivity index (χ4v) is 3.79. The summed E-state index contributed by atoms with van der Waals surface area (Å²) in [5, 5.41) is 3.56. The van der Waals surface area contributed by atoms with Gasteiger partial charge >= 0.3 is 0 Å². The first-order valence-corrected chi connectivity index (χ1v) is 9.81. The number of aromatic nitrogens is 1. The Balaban J connectivity index is 2.66. The van der Waals surface area contributed by atoms with E-state index in [0.717, 1.165) is 13.0 Å². The van der Waals surface area contributed by atoms with Crippen LogP contribution in [0.15, 0.2) is 18.5 Å². The minimum absolute atomic E-state index is 0.226. The second-order valence-corrected chi connectivity index (χ2v) is 8.31. The van der Waals surface area contributed by atoms with E-state index in [1.165, 1.54) is 5.56 Å². The minimum atomic E-state index is -2.91. The molecule has 4 nitrogen and oxygen atoms in total. The van der Waals surface area contributed by atoms with Gasteiger partial charge in [-0.1, -0.05) is 27.7 Å². The van der Waals surface area contributed by atoms with Crippen LogP contribution in [0.3, 0.4) is 0 Å². The highest BCUT2D eigenvalue weighted by molar-refractivity contribution is 7.91. The van der Waals surface area contributed by atoms with Gasteiger partial charge in [0.05, 0.1) is 5.75 Å². The third-order valence-electron chi connectivity index (χ3n) is 3.59. The van der Waals surface area contributed by atoms with E-state index < -0.39 is 9.84 Å². The number of rotatable bonds is 10. The number of hydrogen-bond acceptors (Lipinski definition) is 3. The maximum atomic E-state index is 11.8. The van der Waals surface area contributed by atoms with Crippen molar-refractivity contribution in [3.63, 3.8) is 0 Å². The molecule has 0 spiro atoms. The molecule has 1 atom stereocenters. The molecular formula is C16H30N2O2S. The van der Waals surface area contributed by atoms with Crippen molar-refractivity contribution in [2.75, 3.05) is 18.1 Å². The van der Waals surface area contributed by atoms with Crippen molar-refractivity contribution in [2.24, 2.45) is 5.92 Å². The number of hydrogen-bond donors (Lipinski definition) is 1. The summed E-state index contributed by atoms with van der Waals surface area (Å²) >= 11 is 0. The summed E-state index contributed by atoms with van der Waals surface area (Å²) in [6.45, 7) is 10.0. The normalized spacial score (nSPS) is 13.8. The van der Waals surface area contributed by atoms with Gasteiger partial charge in [0.2, 0.25) is 0 Å². The first-order chi connectivity index (χ1) is 9.89. The molecule has 0 aliphatic carbocycles. The molecule has 1 aromatic rings. The summed E-state index contributed by atoms with van der Waals surface area (Å²) < 4.78 is 25.5. The molecule has 122 valence electrons. The summed E-state index contributed by atoms with van der Waals surface area (Å²) in [6.07, 6.45) is 5.86. The largest absolute Gasteiger partial charge is 0.353 e. The lowest BCUT2D eigenvalue weighted by Crippen LogP contribution is -2.26. The molecule has 1 N–H and O–H groups in total. The number of nitrogens with zero attached hydrogens (tertiary/aromatic N) is 1. The van der Waals surface area contributed by atoms with Gasteiger partial charge in [0.1, 0.15) is 0 Å². The minimum Gasteiger partial charge on any atom is -0.353 e. The Labute approximate surface area is 129 Å². The van der Waals surface area contributed by atoms with Crippen LogP contribution >= 0.6 is 0 Å². The highest BCUT2D eigenvalue weighted by Gasteiger charge is 2.16. The van der Waals surface area contributed by atoms with E-state index in [9.17, 15) is 8.42 Å². The van der Waals surface area contributed by atoms with Crippen molar-refractivity contribution in [1.29, 1.82) is 0 Å². The fraction of sp³-hybridized carbons (Fsp3) is 0.750. The summed E-state index contributed by atoms with van der Waals surface area (Å²) in [4.78, 5) is 0. The molecule has 1 heterocycles. The first-order valence-electron chi connectivity index (χ1n) is 7.99. The summed E-state index contributed by atoms with van der Waals surface area (Å²) in [6, 6.07) is 2.43. The number of aryl methyl sites for hydroxylation is 1. The smallest absolute Gasteiger partial charge is 0.152 e. The summed E-state index contributed by atoms with van der Waals surface area (Å²) in [5.74, 6) is 1.02. The Morgan fingerprint density at radius 3 is 2.48 bits per heavy atom. The second kappa shape index (κ2) is 8.59. The van der Waals surface area contributed by atoms with Crippen LogP contribution in [0.1, 0.15) is 52.1 Å². The van der Waals surface area contributed by atoms with E-state index in [1.54, 1.807) is 0 Å². The molecule has 0 fully saturated rings. The lowest BCUT2D eigenvalue weighted by Gasteiger charge is -2.21. The zero-order valence-corrected chi connectivity index (χ0v) is 14.6. The molecule has 0 saturated heterocycles. The van der Waals surface area contributed by atoms with Gasteiger partial charge in [-0.25, -0.2) is 8.42 Å². The lowest BCUT2D eigenvalue weighted by atomic mass is 9.98. The molecule has 0 bridgehead atoms. The third-order valence-corrected chi connectivity index (χ3v) is 5.42. The number of nitrogens with one attached hydrogen (secondary N) is 1. The molecule has 1 aromatic heterocycles. The van der Waals surface area contributed by atoms with Crippen molar-refractivity contribution in [3.8, 4) is 0 Å². The van der Waals surface area contributed by atoms with E-state index in [4.69, 9.17) is 0 Å². The quantitative estimate of drug-likeness (QED) is 0.722. The van der Waals surface area contributed by atoms with Crippen molar-refractivity contribution < 1.29 is 8.42 Å². The fourth-order valence-electron chi connectivity index (χ4n) is 2.48. The highest BCUT2D eigenvalue weighted by Crippen LogP contribution is 2.22. The molecule has 1 rings (SSSR count). The average Bonchev–Trinajstić information content (AvgIpc) is 2.85. The van der Waals surface area contributed by atoms with Gasteiger partial charge in [0.15, 0.2) is 9.84 Å². The monoisotopic (exact) mass is 314 g/mol. The molecule has 1 unspecified atom stereocenters. The maximum absolute atomic E-state index is 11.8. The Hall–Kier alpha value is -0.810. The topological polar surface area (TPSA) is 51.1 Å². The van der Waals surface area contributed by atoms with Gasteiger partial charge in [0.25, 0.3) is 0 Å². The molecule has 0 aliphatic rings. The molecule has 0 amide bonds. The summed E-state index contributed by atoms with van der Waals surface area (Å²) in [7, 11) is -2.91. The van der Waals surface area contributed by atoms with Crippen LogP contribution < -0.4 is 5.32 Å². The van der Waals surface area contributed by atoms with Crippen LogP contribution in [0.5, 0.6) is 0 Å². The molecule has 0 aromatic carbocycles. The van der Waals surface area contributed by atoms with E-state index in [2.05, 4.69) is 38.4 Å². The van der Waals surface area contributed by atoms with Crippen molar-refractivity contribution in [2.45, 2.75) is 53.1 Å². The van der Waals surface area contributed by atoms with Crippen LogP contribution in [0.25, 0.3) is 0 Å². The van der Waals surface area contributed by atoms with Crippen LogP contribution in [0.2, 0.25) is 0 Å². The summed E-state index contributed by atoms with van der Waals surface area (Å²) in [5.41, 5.74) is 1.24. The molecule has 0 saturated carbocycles. The second-order valence-electron chi connectivity index (χ2n) is 6.01. The lowest BCUT2D eigenvalue weighted by molar-refractivity contribution is 0.412. The SMILES string of the molecule is CCCNC(c1ccn(CCS(=O)(=O)CCC)c1)C(C)C. The van der Waals surface area contributed by atoms with Crippen molar-refractivity contribution in [3.05, 3.63) is 24.0 Å². The zero-order valence-electron chi connectivity index (χ0n) is 13.8. The first kappa shape index (κ1) is 18.2. The van der Waals surface area contributed by atoms with Crippen LogP contribution in [-0.4, -0.2) is 31.0 Å². The van der Waals surface area contributed by atoms with Crippen LogP contribution in [0, 0.1) is 5.92 Å².